The number of allylic oxidation sites excluding steroid dienone is 2. The zero-order chi connectivity index (χ0) is 20.0. The van der Waals surface area contributed by atoms with E-state index in [1.807, 2.05) is 44.2 Å². The zero-order valence-electron chi connectivity index (χ0n) is 16.3. The summed E-state index contributed by atoms with van der Waals surface area (Å²) in [6.07, 6.45) is 6.12. The molecule has 0 fully saturated rings. The van der Waals surface area contributed by atoms with Gasteiger partial charge in [-0.1, -0.05) is 24.3 Å². The lowest BCUT2D eigenvalue weighted by Gasteiger charge is -2.28. The van der Waals surface area contributed by atoms with E-state index in [4.69, 9.17) is 18.9 Å². The molecule has 1 atom stereocenters. The third-order valence-corrected chi connectivity index (χ3v) is 4.24. The van der Waals surface area contributed by atoms with Crippen molar-refractivity contribution in [2.75, 3.05) is 20.8 Å². The summed E-state index contributed by atoms with van der Waals surface area (Å²) < 4.78 is 21.2. The van der Waals surface area contributed by atoms with Crippen LogP contribution in [0.15, 0.2) is 47.8 Å². The van der Waals surface area contributed by atoms with Crippen LogP contribution in [-0.4, -0.2) is 43.6 Å². The van der Waals surface area contributed by atoms with Gasteiger partial charge in [-0.2, -0.15) is 0 Å². The standard InChI is InChI=1S/C21H26O6/c1-14(16(12-24-4)20(23)25-5)7-6-8-15-9-10-17-18(11-15)27-21(2,3)19(22)13-26-17/h6-12,19,22H,13H2,1-5H3. The van der Waals surface area contributed by atoms with Crippen molar-refractivity contribution in [1.29, 1.82) is 0 Å². The van der Waals surface area contributed by atoms with E-state index < -0.39 is 17.7 Å². The van der Waals surface area contributed by atoms with Crippen molar-refractivity contribution in [1.82, 2.24) is 0 Å². The first-order valence-electron chi connectivity index (χ1n) is 8.59. The Morgan fingerprint density at radius 2 is 2.04 bits per heavy atom. The number of carbonyl (C=O) groups is 1. The third-order valence-electron chi connectivity index (χ3n) is 4.24. The molecule has 146 valence electrons. The van der Waals surface area contributed by atoms with Gasteiger partial charge in [0.05, 0.1) is 26.1 Å². The summed E-state index contributed by atoms with van der Waals surface area (Å²) in [5.74, 6) is 0.712. The van der Waals surface area contributed by atoms with Gasteiger partial charge in [0.1, 0.15) is 18.3 Å². The van der Waals surface area contributed by atoms with E-state index >= 15 is 0 Å². The van der Waals surface area contributed by atoms with Crippen molar-refractivity contribution in [3.05, 3.63) is 53.3 Å². The van der Waals surface area contributed by atoms with E-state index in [0.29, 0.717) is 22.6 Å². The average molecular weight is 374 g/mol. The topological polar surface area (TPSA) is 74.2 Å². The number of aliphatic hydroxyl groups is 1. The highest BCUT2D eigenvalue weighted by atomic mass is 16.6. The molecule has 1 heterocycles. The zero-order valence-corrected chi connectivity index (χ0v) is 16.3. The smallest absolute Gasteiger partial charge is 0.341 e. The predicted octanol–water partition coefficient (Wildman–Crippen LogP) is 3.26. The molecule has 1 aromatic carbocycles. The highest BCUT2D eigenvalue weighted by Gasteiger charge is 2.34. The third kappa shape index (κ3) is 5.14. The maximum Gasteiger partial charge on any atom is 0.341 e. The average Bonchev–Trinajstić information content (AvgIpc) is 2.74. The van der Waals surface area contributed by atoms with E-state index in [2.05, 4.69) is 0 Å². The molecule has 1 aliphatic heterocycles. The molecule has 1 aromatic rings. The minimum atomic E-state index is -0.746. The Labute approximate surface area is 159 Å². The summed E-state index contributed by atoms with van der Waals surface area (Å²) in [5.41, 5.74) is 1.20. The summed E-state index contributed by atoms with van der Waals surface area (Å²) in [7, 11) is 2.80. The van der Waals surface area contributed by atoms with E-state index in [0.717, 1.165) is 5.56 Å². The molecule has 1 aliphatic rings. The van der Waals surface area contributed by atoms with Crippen LogP contribution in [0.5, 0.6) is 11.5 Å². The maximum absolute atomic E-state index is 11.8. The molecule has 0 radical (unpaired) electrons. The van der Waals surface area contributed by atoms with Crippen molar-refractivity contribution in [3.63, 3.8) is 0 Å². The highest BCUT2D eigenvalue weighted by Crippen LogP contribution is 2.35. The number of methoxy groups -OCH3 is 2. The second kappa shape index (κ2) is 8.77. The van der Waals surface area contributed by atoms with E-state index in [1.165, 1.54) is 20.5 Å². The van der Waals surface area contributed by atoms with Gasteiger partial charge >= 0.3 is 5.97 Å². The molecular formula is C21H26O6. The first-order chi connectivity index (χ1) is 12.8. The van der Waals surface area contributed by atoms with Gasteiger partial charge < -0.3 is 24.1 Å². The number of fused-ring (bicyclic) bond motifs is 1. The Hall–Kier alpha value is -2.73. The fourth-order valence-electron chi connectivity index (χ4n) is 2.47. The molecule has 0 amide bonds. The van der Waals surface area contributed by atoms with Gasteiger partial charge in [0.25, 0.3) is 0 Å². The molecule has 0 saturated carbocycles. The molecule has 0 spiro atoms. The number of benzene rings is 1. The van der Waals surface area contributed by atoms with Crippen LogP contribution < -0.4 is 9.47 Å². The van der Waals surface area contributed by atoms with E-state index in [1.54, 1.807) is 13.0 Å². The highest BCUT2D eigenvalue weighted by molar-refractivity contribution is 5.93. The molecule has 0 aromatic heterocycles. The SMILES string of the molecule is COC=C(C(=O)OC)C(C)=CC=Cc1ccc2c(c1)OC(C)(C)C(O)CO2. The normalized spacial score (nSPS) is 19.6. The number of esters is 1. The Kier molecular flexibility index (Phi) is 6.69. The van der Waals surface area contributed by atoms with E-state index in [9.17, 15) is 9.90 Å². The largest absolute Gasteiger partial charge is 0.503 e. The fourth-order valence-corrected chi connectivity index (χ4v) is 2.47. The minimum Gasteiger partial charge on any atom is -0.503 e. The monoisotopic (exact) mass is 374 g/mol. The number of ether oxygens (including phenoxy) is 4. The van der Waals surface area contributed by atoms with Crippen LogP contribution in [0.1, 0.15) is 26.3 Å². The van der Waals surface area contributed by atoms with Crippen LogP contribution in [0.25, 0.3) is 6.08 Å². The quantitative estimate of drug-likeness (QED) is 0.369. The summed E-state index contributed by atoms with van der Waals surface area (Å²) in [6.45, 7) is 5.62. The van der Waals surface area contributed by atoms with Gasteiger partial charge in [-0.25, -0.2) is 4.79 Å². The van der Waals surface area contributed by atoms with Crippen LogP contribution in [0.2, 0.25) is 0 Å². The van der Waals surface area contributed by atoms with E-state index in [-0.39, 0.29) is 6.61 Å². The number of hydrogen-bond donors (Lipinski definition) is 1. The molecule has 0 aliphatic carbocycles. The molecule has 6 heteroatoms. The van der Waals surface area contributed by atoms with Crippen LogP contribution in [0.4, 0.5) is 0 Å². The van der Waals surface area contributed by atoms with Crippen molar-refractivity contribution in [2.24, 2.45) is 0 Å². The molecule has 27 heavy (non-hydrogen) atoms. The molecule has 1 unspecified atom stereocenters. The second-order valence-electron chi connectivity index (χ2n) is 6.71. The Morgan fingerprint density at radius 3 is 2.70 bits per heavy atom. The summed E-state index contributed by atoms with van der Waals surface area (Å²) in [6, 6.07) is 5.55. The Morgan fingerprint density at radius 1 is 1.30 bits per heavy atom. The first kappa shape index (κ1) is 20.6. The number of aliphatic hydroxyl groups excluding tert-OH is 1. The summed E-state index contributed by atoms with van der Waals surface area (Å²) >= 11 is 0. The van der Waals surface area contributed by atoms with Gasteiger partial charge in [0, 0.05) is 0 Å². The lowest BCUT2D eigenvalue weighted by molar-refractivity contribution is -0.135. The summed E-state index contributed by atoms with van der Waals surface area (Å²) in [5, 5.41) is 10.1. The molecule has 1 N–H and O–H groups in total. The van der Waals surface area contributed by atoms with Crippen molar-refractivity contribution < 1.29 is 28.8 Å². The first-order valence-corrected chi connectivity index (χ1v) is 8.59. The predicted molar refractivity (Wildman–Crippen MR) is 103 cm³/mol. The molecule has 6 nitrogen and oxygen atoms in total. The number of rotatable bonds is 5. The van der Waals surface area contributed by atoms with Crippen LogP contribution >= 0.6 is 0 Å². The van der Waals surface area contributed by atoms with Crippen LogP contribution in [0, 0.1) is 0 Å². The summed E-state index contributed by atoms with van der Waals surface area (Å²) in [4.78, 5) is 11.8. The van der Waals surface area contributed by atoms with Crippen molar-refractivity contribution in [2.45, 2.75) is 32.5 Å². The van der Waals surface area contributed by atoms with Crippen LogP contribution in [-0.2, 0) is 14.3 Å². The maximum atomic E-state index is 11.8. The van der Waals surface area contributed by atoms with Gasteiger partial charge in [-0.15, -0.1) is 0 Å². The molecule has 0 bridgehead atoms. The second-order valence-corrected chi connectivity index (χ2v) is 6.71. The molecule has 2 rings (SSSR count). The van der Waals surface area contributed by atoms with Gasteiger partial charge in [-0.05, 0) is 44.0 Å². The Balaban J connectivity index is 2.21. The lowest BCUT2D eigenvalue weighted by atomic mass is 10.0. The van der Waals surface area contributed by atoms with Gasteiger partial charge in [0.2, 0.25) is 0 Å². The fraction of sp³-hybridized carbons (Fsp3) is 0.381. The lowest BCUT2D eigenvalue weighted by Crippen LogP contribution is -2.43. The number of carbonyl (C=O) groups excluding carboxylic acids is 1. The molecular weight excluding hydrogens is 348 g/mol. The molecule has 0 saturated heterocycles. The van der Waals surface area contributed by atoms with Crippen molar-refractivity contribution in [3.8, 4) is 11.5 Å². The van der Waals surface area contributed by atoms with Crippen LogP contribution in [0.3, 0.4) is 0 Å². The van der Waals surface area contributed by atoms with Gasteiger partial charge in [0.15, 0.2) is 11.5 Å². The Bertz CT molecular complexity index is 773. The number of hydrogen-bond acceptors (Lipinski definition) is 6. The minimum absolute atomic E-state index is 0.180. The van der Waals surface area contributed by atoms with Gasteiger partial charge in [-0.3, -0.25) is 0 Å². The van der Waals surface area contributed by atoms with Crippen molar-refractivity contribution >= 4 is 12.0 Å².